The molecule has 5 rings (SSSR count). The lowest BCUT2D eigenvalue weighted by Gasteiger charge is -2.31. The average molecular weight is 443 g/mol. The van der Waals surface area contributed by atoms with Crippen molar-refractivity contribution < 1.29 is 0 Å². The van der Waals surface area contributed by atoms with E-state index in [-0.39, 0.29) is 11.6 Å². The molecule has 0 aliphatic rings. The largest absolute Gasteiger partial charge is 0.372 e. The van der Waals surface area contributed by atoms with Gasteiger partial charge >= 0.3 is 0 Å². The Morgan fingerprint density at radius 2 is 1.94 bits per heavy atom. The zero-order valence-corrected chi connectivity index (χ0v) is 18.7. The molecule has 0 aromatic carbocycles. The van der Waals surface area contributed by atoms with Crippen LogP contribution in [-0.2, 0) is 7.05 Å². The maximum atomic E-state index is 13.3. The average Bonchev–Trinajstić information content (AvgIpc) is 3.33. The minimum absolute atomic E-state index is 0.292. The van der Waals surface area contributed by atoms with Crippen LogP contribution < -0.4 is 10.9 Å². The predicted molar refractivity (Wildman–Crippen MR) is 122 cm³/mol. The van der Waals surface area contributed by atoms with E-state index in [4.69, 9.17) is 0 Å². The van der Waals surface area contributed by atoms with Gasteiger partial charge in [0.05, 0.1) is 34.5 Å². The fraction of sp³-hybridized carbons (Fsp3) is 0.238. The second kappa shape index (κ2) is 7.37. The summed E-state index contributed by atoms with van der Waals surface area (Å²) in [4.78, 5) is 37.0. The number of aryl methyl sites for hydroxylation is 1. The van der Waals surface area contributed by atoms with Gasteiger partial charge in [-0.1, -0.05) is 13.8 Å². The summed E-state index contributed by atoms with van der Waals surface area (Å²) in [7, 11) is 5.62. The van der Waals surface area contributed by atoms with Gasteiger partial charge in [0.15, 0.2) is 5.82 Å². The van der Waals surface area contributed by atoms with Gasteiger partial charge in [0, 0.05) is 42.1 Å². The van der Waals surface area contributed by atoms with Crippen molar-refractivity contribution in [2.24, 2.45) is 7.05 Å². The number of imidazole rings is 1. The Bertz CT molecular complexity index is 1450. The molecule has 0 bridgehead atoms. The smallest absolute Gasteiger partial charge is 0.261 e. The van der Waals surface area contributed by atoms with Crippen LogP contribution in [0.3, 0.4) is 0 Å². The zero-order chi connectivity index (χ0) is 22.5. The van der Waals surface area contributed by atoms with Crippen LogP contribution in [0.2, 0.25) is 5.04 Å². The molecule has 0 fully saturated rings. The number of anilines is 1. The molecule has 32 heavy (non-hydrogen) atoms. The van der Waals surface area contributed by atoms with Crippen LogP contribution in [0.1, 0.15) is 25.7 Å². The lowest BCUT2D eigenvalue weighted by molar-refractivity contribution is 0.545. The van der Waals surface area contributed by atoms with Gasteiger partial charge in [-0.15, -0.1) is 0 Å². The zero-order valence-electron chi connectivity index (χ0n) is 17.7. The summed E-state index contributed by atoms with van der Waals surface area (Å²) in [6.45, 7) is 4.01. The fourth-order valence-electron chi connectivity index (χ4n) is 3.69. The summed E-state index contributed by atoms with van der Waals surface area (Å²) in [5.74, 6) is 1.00. The Balaban J connectivity index is 1.77. The van der Waals surface area contributed by atoms with Gasteiger partial charge in [-0.05, 0) is 17.2 Å². The fourth-order valence-corrected chi connectivity index (χ4v) is 3.90. The number of aromatic nitrogens is 8. The number of hydrogen-bond acceptors (Lipinski definition) is 7. The molecule has 3 N–H and O–H groups in total. The number of fused-ring (bicyclic) bond motifs is 2. The Morgan fingerprint density at radius 1 is 1.16 bits per heavy atom. The van der Waals surface area contributed by atoms with Crippen LogP contribution >= 0.6 is 0 Å². The molecule has 0 amide bonds. The van der Waals surface area contributed by atoms with E-state index < -0.39 is 5.04 Å². The molecule has 10 nitrogen and oxygen atoms in total. The molecule has 1 atom stereocenters. The number of H-pyrrole nitrogens is 2. The summed E-state index contributed by atoms with van der Waals surface area (Å²) in [5.41, 5.74) is 3.27. The quantitative estimate of drug-likeness (QED) is 0.357. The van der Waals surface area contributed by atoms with Gasteiger partial charge in [0.25, 0.3) is 5.56 Å². The highest BCUT2D eigenvalue weighted by Gasteiger charge is 2.31. The van der Waals surface area contributed by atoms with E-state index in [9.17, 15) is 4.79 Å². The summed E-state index contributed by atoms with van der Waals surface area (Å²) >= 11 is 0. The van der Waals surface area contributed by atoms with Crippen LogP contribution in [0.15, 0.2) is 47.9 Å². The van der Waals surface area contributed by atoms with Crippen molar-refractivity contribution >= 4 is 38.0 Å². The standard InChI is InChI=1S/C21H20N9OSi/c1-21(2,32)17(19-23-6-4-7-24-19)28-16-14(18-25-11-5-8-22-9-12(11)26-18)20(31)27-13-10-30(3)29-15(13)16/h4-10,17,28H,1-3H3,(H,25,26)(H,27,31)/t17-/m1/s1. The SMILES string of the molecule is Cn1cc2[nH]c(=O)c(-c3nc4ccncc4[nH]3)c(N[C@H](c3ncccn3)C(C)(C)[Si])c2n1. The molecule has 5 aromatic heterocycles. The summed E-state index contributed by atoms with van der Waals surface area (Å²) in [5, 5.41) is 7.64. The predicted octanol–water partition coefficient (Wildman–Crippen LogP) is 2.51. The maximum Gasteiger partial charge on any atom is 0.261 e. The summed E-state index contributed by atoms with van der Waals surface area (Å²) in [6, 6.07) is 3.18. The van der Waals surface area contributed by atoms with Crippen molar-refractivity contribution in [3.63, 3.8) is 0 Å². The van der Waals surface area contributed by atoms with Crippen LogP contribution in [0, 0.1) is 0 Å². The van der Waals surface area contributed by atoms with Crippen molar-refractivity contribution in [3.8, 4) is 11.4 Å². The molecule has 0 saturated carbocycles. The highest BCUT2D eigenvalue weighted by molar-refractivity contribution is 6.15. The highest BCUT2D eigenvalue weighted by atomic mass is 28.1. The van der Waals surface area contributed by atoms with E-state index in [1.807, 2.05) is 13.8 Å². The third kappa shape index (κ3) is 3.46. The monoisotopic (exact) mass is 442 g/mol. The third-order valence-electron chi connectivity index (χ3n) is 5.17. The van der Waals surface area contributed by atoms with Crippen molar-refractivity contribution in [2.45, 2.75) is 24.9 Å². The number of nitrogens with zero attached hydrogens (tertiary/aromatic N) is 6. The van der Waals surface area contributed by atoms with E-state index in [2.05, 4.69) is 50.6 Å². The van der Waals surface area contributed by atoms with Crippen molar-refractivity contribution in [1.82, 2.24) is 39.7 Å². The van der Waals surface area contributed by atoms with Crippen LogP contribution in [0.4, 0.5) is 5.69 Å². The van der Waals surface area contributed by atoms with Crippen molar-refractivity contribution in [1.29, 1.82) is 0 Å². The first-order chi connectivity index (χ1) is 15.3. The molecule has 0 aliphatic carbocycles. The van der Waals surface area contributed by atoms with Gasteiger partial charge in [-0.25, -0.2) is 15.0 Å². The van der Waals surface area contributed by atoms with Gasteiger partial charge in [-0.2, -0.15) is 5.10 Å². The first kappa shape index (κ1) is 20.1. The Morgan fingerprint density at radius 3 is 2.66 bits per heavy atom. The van der Waals surface area contributed by atoms with Crippen LogP contribution in [0.5, 0.6) is 0 Å². The number of pyridine rings is 2. The number of hydrogen-bond donors (Lipinski definition) is 3. The van der Waals surface area contributed by atoms with Crippen molar-refractivity contribution in [2.75, 3.05) is 5.32 Å². The van der Waals surface area contributed by atoms with E-state index in [1.54, 1.807) is 54.8 Å². The molecule has 3 radical (unpaired) electrons. The van der Waals surface area contributed by atoms with Crippen molar-refractivity contribution in [3.05, 3.63) is 59.3 Å². The Hall–Kier alpha value is -3.86. The third-order valence-corrected chi connectivity index (χ3v) is 5.45. The molecule has 5 aromatic rings. The molecule has 159 valence electrons. The minimum atomic E-state index is -0.458. The van der Waals surface area contributed by atoms with Gasteiger partial charge in [-0.3, -0.25) is 14.5 Å². The van der Waals surface area contributed by atoms with E-state index in [1.165, 1.54) is 0 Å². The maximum absolute atomic E-state index is 13.3. The molecular weight excluding hydrogens is 422 g/mol. The lowest BCUT2D eigenvalue weighted by Crippen LogP contribution is -2.27. The topological polar surface area (TPSA) is 130 Å². The van der Waals surface area contributed by atoms with Gasteiger partial charge < -0.3 is 15.3 Å². The molecule has 0 spiro atoms. The van der Waals surface area contributed by atoms with Gasteiger partial charge in [0.1, 0.15) is 16.9 Å². The number of aromatic amines is 2. The first-order valence-electron chi connectivity index (χ1n) is 9.99. The number of nitrogens with one attached hydrogen (secondary N) is 3. The first-order valence-corrected chi connectivity index (χ1v) is 10.5. The molecule has 0 unspecified atom stereocenters. The summed E-state index contributed by atoms with van der Waals surface area (Å²) in [6.07, 6.45) is 8.48. The molecule has 0 saturated heterocycles. The molecule has 5 heterocycles. The van der Waals surface area contributed by atoms with E-state index in [0.717, 1.165) is 5.52 Å². The number of rotatable bonds is 5. The lowest BCUT2D eigenvalue weighted by atomic mass is 10.0. The van der Waals surface area contributed by atoms with Crippen LogP contribution in [-0.4, -0.2) is 49.9 Å². The second-order valence-corrected chi connectivity index (χ2v) is 9.44. The normalized spacial score (nSPS) is 13.0. The molecule has 11 heteroatoms. The van der Waals surface area contributed by atoms with E-state index in [0.29, 0.717) is 39.4 Å². The summed E-state index contributed by atoms with van der Waals surface area (Å²) < 4.78 is 1.66. The van der Waals surface area contributed by atoms with Crippen LogP contribution in [0.25, 0.3) is 33.5 Å². The van der Waals surface area contributed by atoms with E-state index >= 15 is 0 Å². The Labute approximate surface area is 186 Å². The second-order valence-electron chi connectivity index (χ2n) is 8.15. The minimum Gasteiger partial charge on any atom is -0.372 e. The molecular formula is C21H20N9OSi. The van der Waals surface area contributed by atoms with Gasteiger partial charge in [0.2, 0.25) is 0 Å². The molecule has 0 aliphatic heterocycles. The Kier molecular flexibility index (Phi) is 4.62. The highest BCUT2D eigenvalue weighted by Crippen LogP contribution is 2.40.